The molecule has 6 N–H and O–H groups in total. The molecule has 1 aliphatic heterocycles. The summed E-state index contributed by atoms with van der Waals surface area (Å²) >= 11 is 0.717. The molecule has 164 valence electrons. The van der Waals surface area contributed by atoms with Gasteiger partial charge >= 0.3 is 0 Å². The maximum Gasteiger partial charge on any atom is 0.162 e. The predicted octanol–water partition coefficient (Wildman–Crippen LogP) is 4.15. The Morgan fingerprint density at radius 1 is 1.17 bits per heavy atom. The molecule has 9 heteroatoms. The zero-order valence-corrected chi connectivity index (χ0v) is 18.8. The largest absolute Gasteiger partial charge is 0.404 e. The maximum atomic E-state index is 14.6. The predicted molar refractivity (Wildman–Crippen MR) is 122 cm³/mol. The Morgan fingerprint density at radius 3 is 2.10 bits per heavy atom. The number of nitrogens with zero attached hydrogens (tertiary/aromatic N) is 1. The average Bonchev–Trinajstić information content (AvgIpc) is 2.58. The van der Waals surface area contributed by atoms with Crippen LogP contribution in [0.3, 0.4) is 0 Å². The highest BCUT2D eigenvalue weighted by molar-refractivity contribution is 8.26. The van der Waals surface area contributed by atoms with E-state index in [-0.39, 0.29) is 38.5 Å². The molecule has 1 saturated heterocycles. The van der Waals surface area contributed by atoms with Crippen molar-refractivity contribution in [2.24, 2.45) is 5.73 Å². The number of nitrogens with one attached hydrogen (secondary N) is 4. The lowest BCUT2D eigenvalue weighted by Gasteiger charge is -2.49. The van der Waals surface area contributed by atoms with Gasteiger partial charge in [0.25, 0.3) is 0 Å². The molecule has 0 unspecified atom stereocenters. The van der Waals surface area contributed by atoms with E-state index >= 15 is 0 Å². The summed E-state index contributed by atoms with van der Waals surface area (Å²) in [5, 5.41) is 27.1. The number of hydrogen-bond donors (Lipinski definition) is 5. The van der Waals surface area contributed by atoms with Crippen molar-refractivity contribution in [2.45, 2.75) is 57.7 Å². The molecule has 6 nitrogen and oxygen atoms in total. The van der Waals surface area contributed by atoms with Crippen LogP contribution in [0.1, 0.15) is 51.7 Å². The quantitative estimate of drug-likeness (QED) is 0.360. The van der Waals surface area contributed by atoms with Crippen molar-refractivity contribution in [1.29, 1.82) is 16.2 Å². The first-order valence-electron chi connectivity index (χ1n) is 9.59. The summed E-state index contributed by atoms with van der Waals surface area (Å²) in [6.07, 6.45) is 3.60. The second-order valence-electron chi connectivity index (χ2n) is 8.88. The molecule has 1 aromatic rings. The summed E-state index contributed by atoms with van der Waals surface area (Å²) in [5.41, 5.74) is 4.95. The van der Waals surface area contributed by atoms with E-state index in [1.165, 1.54) is 0 Å². The van der Waals surface area contributed by atoms with Crippen molar-refractivity contribution in [1.82, 2.24) is 10.2 Å². The zero-order valence-electron chi connectivity index (χ0n) is 18.0. The van der Waals surface area contributed by atoms with Crippen LogP contribution in [0.4, 0.5) is 8.78 Å². The molecule has 1 aromatic carbocycles. The topological polar surface area (TPSA) is 113 Å². The molecular weight excluding hydrogens is 406 g/mol. The Bertz CT molecular complexity index is 854. The van der Waals surface area contributed by atoms with E-state index in [4.69, 9.17) is 22.0 Å². The fourth-order valence-electron chi connectivity index (χ4n) is 4.11. The minimum absolute atomic E-state index is 0.0587. The number of thioether (sulfide) groups is 1. The summed E-state index contributed by atoms with van der Waals surface area (Å²) in [5.74, 6) is -1.86. The lowest BCUT2D eigenvalue weighted by atomic mass is 9.79. The number of benzene rings is 1. The molecule has 0 bridgehead atoms. The number of amidine groups is 1. The van der Waals surface area contributed by atoms with Gasteiger partial charge in [0, 0.05) is 42.2 Å². The van der Waals surface area contributed by atoms with Crippen LogP contribution in [0.15, 0.2) is 18.3 Å². The van der Waals surface area contributed by atoms with Gasteiger partial charge in [-0.1, -0.05) is 0 Å². The van der Waals surface area contributed by atoms with Crippen molar-refractivity contribution < 1.29 is 8.78 Å². The van der Waals surface area contributed by atoms with Gasteiger partial charge in [-0.05, 0) is 70.0 Å². The van der Waals surface area contributed by atoms with Gasteiger partial charge in [0.1, 0.15) is 16.7 Å². The first-order valence-corrected chi connectivity index (χ1v) is 10.4. The molecule has 1 heterocycles. The van der Waals surface area contributed by atoms with Crippen LogP contribution in [0.25, 0.3) is 5.57 Å². The minimum atomic E-state index is -0.928. The third-order valence-electron chi connectivity index (χ3n) is 5.17. The fraction of sp³-hybridized carbons (Fsp3) is 0.476. The lowest BCUT2D eigenvalue weighted by molar-refractivity contribution is 0.114. The molecular formula is C21H30F2N6S. The number of halogens is 2. The first-order chi connectivity index (χ1) is 13.8. The summed E-state index contributed by atoms with van der Waals surface area (Å²) < 4.78 is 29.1. The van der Waals surface area contributed by atoms with Gasteiger partial charge in [-0.25, -0.2) is 8.78 Å². The Balaban J connectivity index is 2.19. The molecule has 0 saturated carbocycles. The number of nitrogens with two attached hydrogens (primary N) is 1. The van der Waals surface area contributed by atoms with Crippen LogP contribution in [0.2, 0.25) is 0 Å². The van der Waals surface area contributed by atoms with Crippen LogP contribution in [0, 0.1) is 27.9 Å². The number of allylic oxidation sites excluding steroid dienone is 1. The van der Waals surface area contributed by atoms with Crippen molar-refractivity contribution in [3.63, 3.8) is 0 Å². The van der Waals surface area contributed by atoms with Gasteiger partial charge in [-0.3, -0.25) is 10.8 Å². The zero-order chi connectivity index (χ0) is 22.9. The Morgan fingerprint density at radius 2 is 1.67 bits per heavy atom. The monoisotopic (exact) mass is 436 g/mol. The van der Waals surface area contributed by atoms with Crippen LogP contribution in [0.5, 0.6) is 0 Å². The molecule has 0 amide bonds. The Hall–Kier alpha value is -2.26. The van der Waals surface area contributed by atoms with Crippen LogP contribution in [-0.4, -0.2) is 45.5 Å². The smallest absolute Gasteiger partial charge is 0.162 e. The highest BCUT2D eigenvalue weighted by Crippen LogP contribution is 2.33. The molecule has 30 heavy (non-hydrogen) atoms. The standard InChI is InChI=1S/C21H30F2N6S/c1-20(2)8-14(9-21(3,4)28-20)29(5)19(27)30-18(26)17-15(22)6-12(7-16(17)23)13(10-24)11-25/h6-7,10-11,14,24,26-28H,8-9,25H2,1-5H3/b13-11+,24-10?,26-18?,27-19?. The normalized spacial score (nSPS) is 18.7. The van der Waals surface area contributed by atoms with E-state index in [2.05, 4.69) is 33.0 Å². The average molecular weight is 437 g/mol. The number of hydrogen-bond acceptors (Lipinski definition) is 6. The Labute approximate surface area is 180 Å². The summed E-state index contributed by atoms with van der Waals surface area (Å²) in [6, 6.07) is 2.15. The van der Waals surface area contributed by atoms with Crippen molar-refractivity contribution in [3.05, 3.63) is 41.1 Å². The molecule has 0 radical (unpaired) electrons. The summed E-state index contributed by atoms with van der Waals surface area (Å²) in [4.78, 5) is 1.78. The Kier molecular flexibility index (Phi) is 7.08. The second-order valence-corrected chi connectivity index (χ2v) is 9.88. The van der Waals surface area contributed by atoms with Gasteiger partial charge < -0.3 is 21.4 Å². The van der Waals surface area contributed by atoms with Gasteiger partial charge in [0.2, 0.25) is 0 Å². The van der Waals surface area contributed by atoms with E-state index in [0.717, 1.165) is 37.4 Å². The van der Waals surface area contributed by atoms with Gasteiger partial charge in [-0.2, -0.15) is 0 Å². The minimum Gasteiger partial charge on any atom is -0.404 e. The summed E-state index contributed by atoms with van der Waals surface area (Å²) in [7, 11) is 1.78. The van der Waals surface area contributed by atoms with Gasteiger partial charge in [0.05, 0.1) is 5.56 Å². The number of rotatable bonds is 4. The highest BCUT2D eigenvalue weighted by atomic mass is 32.2. The molecule has 1 fully saturated rings. The van der Waals surface area contributed by atoms with E-state index in [1.807, 2.05) is 0 Å². The molecule has 1 aliphatic rings. The van der Waals surface area contributed by atoms with E-state index in [9.17, 15) is 8.78 Å². The van der Waals surface area contributed by atoms with Crippen LogP contribution in [-0.2, 0) is 0 Å². The van der Waals surface area contributed by atoms with Crippen molar-refractivity contribution in [3.8, 4) is 0 Å². The highest BCUT2D eigenvalue weighted by Gasteiger charge is 2.40. The third kappa shape index (κ3) is 5.46. The maximum absolute atomic E-state index is 14.6. The van der Waals surface area contributed by atoms with Crippen LogP contribution < -0.4 is 11.1 Å². The second kappa shape index (κ2) is 8.85. The van der Waals surface area contributed by atoms with E-state index < -0.39 is 17.2 Å². The lowest BCUT2D eigenvalue weighted by Crippen LogP contribution is -2.62. The van der Waals surface area contributed by atoms with E-state index in [1.54, 1.807) is 11.9 Å². The van der Waals surface area contributed by atoms with Crippen LogP contribution >= 0.6 is 11.8 Å². The summed E-state index contributed by atoms with van der Waals surface area (Å²) in [6.45, 7) is 8.44. The first kappa shape index (κ1) is 24.0. The molecule has 2 rings (SSSR count). The molecule has 0 spiro atoms. The third-order valence-corrected chi connectivity index (χ3v) is 6.06. The van der Waals surface area contributed by atoms with Crippen molar-refractivity contribution >= 4 is 33.8 Å². The fourth-order valence-corrected chi connectivity index (χ4v) is 4.90. The molecule has 0 aliphatic carbocycles. The SMILES string of the molecule is CN(C(=N)SC(=N)c1c(F)cc(/C(C=N)=C/N)cc1F)C1CC(C)(C)NC(C)(C)C1. The molecule has 0 aromatic heterocycles. The van der Waals surface area contributed by atoms with Gasteiger partial charge in [-0.15, -0.1) is 0 Å². The molecule has 0 atom stereocenters. The van der Waals surface area contributed by atoms with Crippen molar-refractivity contribution in [2.75, 3.05) is 7.05 Å². The van der Waals surface area contributed by atoms with Gasteiger partial charge in [0.15, 0.2) is 5.17 Å². The number of piperidine rings is 1. The van der Waals surface area contributed by atoms with E-state index in [0.29, 0.717) is 11.8 Å².